The van der Waals surface area contributed by atoms with Crippen LogP contribution in [0.15, 0.2) is 0 Å². The molecular formula is C15H22N4O5S. The van der Waals surface area contributed by atoms with Crippen LogP contribution in [-0.2, 0) is 25.8 Å². The Balaban J connectivity index is 1.29. The Morgan fingerprint density at radius 1 is 1.28 bits per heavy atom. The van der Waals surface area contributed by atoms with Gasteiger partial charge in [-0.25, -0.2) is 9.00 Å². The average Bonchev–Trinajstić information content (AvgIpc) is 2.73. The van der Waals surface area contributed by atoms with E-state index in [2.05, 4.69) is 5.32 Å². The van der Waals surface area contributed by atoms with Gasteiger partial charge < -0.3 is 15.1 Å². The maximum Gasteiger partial charge on any atom is 0.346 e. The maximum absolute atomic E-state index is 12.6. The second-order valence-electron chi connectivity index (χ2n) is 7.65. The minimum atomic E-state index is -0.566. The summed E-state index contributed by atoms with van der Waals surface area (Å²) in [5, 5.41) is 4.16. The lowest BCUT2D eigenvalue weighted by Gasteiger charge is -2.59. The molecule has 0 aromatic heterocycles. The summed E-state index contributed by atoms with van der Waals surface area (Å²) < 4.78 is 15.5. The monoisotopic (exact) mass is 370 g/mol. The Hall–Kier alpha value is -1.68. The molecule has 3 aliphatic heterocycles. The quantitative estimate of drug-likeness (QED) is 0.630. The summed E-state index contributed by atoms with van der Waals surface area (Å²) in [4.78, 5) is 39.5. The Morgan fingerprint density at radius 3 is 2.64 bits per heavy atom. The highest BCUT2D eigenvalue weighted by atomic mass is 32.2. The van der Waals surface area contributed by atoms with E-state index >= 15 is 0 Å². The van der Waals surface area contributed by atoms with Gasteiger partial charge in [0.25, 0.3) is 0 Å². The first kappa shape index (κ1) is 16.8. The van der Waals surface area contributed by atoms with Crippen LogP contribution in [0, 0.1) is 5.41 Å². The minimum absolute atomic E-state index is 0.103. The third-order valence-corrected chi connectivity index (χ3v) is 6.19. The van der Waals surface area contributed by atoms with Gasteiger partial charge in [-0.3, -0.25) is 9.59 Å². The SMILES string of the molecule is CC(=O)N1CC2(CC(NC(=O)C3CCC4CN3C(=O)N4O[SH]=O)C2)C1. The zero-order valence-electron chi connectivity index (χ0n) is 14.0. The summed E-state index contributed by atoms with van der Waals surface area (Å²) in [6.07, 6.45) is 3.00. The molecule has 2 unspecified atom stereocenters. The fraction of sp³-hybridized carbons (Fsp3) is 0.800. The van der Waals surface area contributed by atoms with Crippen LogP contribution >= 0.6 is 0 Å². The van der Waals surface area contributed by atoms with Gasteiger partial charge in [-0.2, -0.15) is 9.35 Å². The number of amides is 4. The van der Waals surface area contributed by atoms with Crippen molar-refractivity contribution >= 4 is 29.8 Å². The molecule has 1 saturated carbocycles. The van der Waals surface area contributed by atoms with Crippen LogP contribution in [0.2, 0.25) is 0 Å². The highest BCUT2D eigenvalue weighted by Crippen LogP contribution is 2.48. The van der Waals surface area contributed by atoms with E-state index in [1.165, 1.54) is 4.90 Å². The number of piperidine rings is 1. The number of fused-ring (bicyclic) bond motifs is 2. The van der Waals surface area contributed by atoms with Gasteiger partial charge in [0.1, 0.15) is 6.04 Å². The molecule has 25 heavy (non-hydrogen) atoms. The summed E-state index contributed by atoms with van der Waals surface area (Å²) >= 11 is -0.566. The highest BCUT2D eigenvalue weighted by Gasteiger charge is 2.54. The first-order chi connectivity index (χ1) is 11.9. The smallest absolute Gasteiger partial charge is 0.346 e. The molecule has 1 aliphatic carbocycles. The fourth-order valence-corrected chi connectivity index (χ4v) is 4.95. The molecule has 4 fully saturated rings. The van der Waals surface area contributed by atoms with Gasteiger partial charge in [-0.15, -0.1) is 0 Å². The summed E-state index contributed by atoms with van der Waals surface area (Å²) in [5.41, 5.74) is 0.183. The Labute approximate surface area is 149 Å². The average molecular weight is 370 g/mol. The maximum atomic E-state index is 12.6. The number of nitrogens with zero attached hydrogens (tertiary/aromatic N) is 3. The van der Waals surface area contributed by atoms with E-state index in [1.807, 2.05) is 4.90 Å². The number of thiol groups is 1. The van der Waals surface area contributed by atoms with Crippen LogP contribution < -0.4 is 5.32 Å². The van der Waals surface area contributed by atoms with Crippen LogP contribution in [0.25, 0.3) is 0 Å². The fourth-order valence-electron chi connectivity index (χ4n) is 4.68. The third kappa shape index (κ3) is 2.71. The van der Waals surface area contributed by atoms with E-state index in [-0.39, 0.29) is 29.3 Å². The topological polar surface area (TPSA) is 99.3 Å². The van der Waals surface area contributed by atoms with Crippen molar-refractivity contribution in [3.63, 3.8) is 0 Å². The number of carbonyl (C=O) groups excluding carboxylic acids is 3. The predicted molar refractivity (Wildman–Crippen MR) is 87.2 cm³/mol. The Morgan fingerprint density at radius 2 is 2.00 bits per heavy atom. The summed E-state index contributed by atoms with van der Waals surface area (Å²) in [7, 11) is 0. The van der Waals surface area contributed by atoms with Crippen LogP contribution in [0.4, 0.5) is 4.79 Å². The van der Waals surface area contributed by atoms with E-state index in [4.69, 9.17) is 4.28 Å². The number of urea groups is 1. The number of hydroxylamine groups is 2. The molecule has 0 aromatic rings. The second-order valence-corrected chi connectivity index (χ2v) is 7.97. The number of nitrogens with one attached hydrogen (secondary N) is 1. The van der Waals surface area contributed by atoms with Gasteiger partial charge in [-0.05, 0) is 25.7 Å². The van der Waals surface area contributed by atoms with Crippen molar-refractivity contribution in [2.45, 2.75) is 50.7 Å². The lowest BCUT2D eigenvalue weighted by molar-refractivity contribution is -0.151. The predicted octanol–water partition coefficient (Wildman–Crippen LogP) is -0.826. The van der Waals surface area contributed by atoms with Gasteiger partial charge in [0.2, 0.25) is 11.8 Å². The lowest BCUT2D eigenvalue weighted by Crippen LogP contribution is -2.68. The molecule has 4 aliphatic rings. The molecule has 4 amide bonds. The molecule has 3 heterocycles. The van der Waals surface area contributed by atoms with Crippen LogP contribution in [-0.4, -0.2) is 74.7 Å². The standard InChI is InChI=1S/C15H22N4O5S/c1-9(20)17-7-15(8-17)4-10(5-15)16-13(21)12-3-2-11-6-18(12)14(22)19(11)24-25-23/h10-12,25H,2-8H2,1H3,(H,16,21). The van der Waals surface area contributed by atoms with E-state index in [9.17, 15) is 18.6 Å². The molecule has 3 saturated heterocycles. The summed E-state index contributed by atoms with van der Waals surface area (Å²) in [6, 6.07) is -0.915. The van der Waals surface area contributed by atoms with E-state index in [0.29, 0.717) is 19.4 Å². The van der Waals surface area contributed by atoms with Gasteiger partial charge in [0.05, 0.1) is 6.04 Å². The molecule has 0 radical (unpaired) electrons. The number of likely N-dealkylation sites (tertiary alicyclic amines) is 1. The molecule has 4 rings (SSSR count). The van der Waals surface area contributed by atoms with Crippen molar-refractivity contribution in [2.75, 3.05) is 19.6 Å². The van der Waals surface area contributed by atoms with Crippen molar-refractivity contribution in [1.82, 2.24) is 20.2 Å². The largest absolute Gasteiger partial charge is 0.352 e. The number of rotatable bonds is 4. The molecule has 2 atom stereocenters. The molecule has 9 nitrogen and oxygen atoms in total. The van der Waals surface area contributed by atoms with Gasteiger partial charge in [0.15, 0.2) is 11.9 Å². The molecule has 1 N–H and O–H groups in total. The highest BCUT2D eigenvalue weighted by molar-refractivity contribution is 7.60. The number of hydrogen-bond donors (Lipinski definition) is 2. The van der Waals surface area contributed by atoms with Gasteiger partial charge in [0, 0.05) is 38.0 Å². The number of carbonyl (C=O) groups is 3. The molecule has 2 bridgehead atoms. The van der Waals surface area contributed by atoms with E-state index in [0.717, 1.165) is 31.0 Å². The first-order valence-electron chi connectivity index (χ1n) is 8.58. The van der Waals surface area contributed by atoms with Gasteiger partial charge in [-0.1, -0.05) is 0 Å². The van der Waals surface area contributed by atoms with Gasteiger partial charge >= 0.3 is 6.03 Å². The second kappa shape index (κ2) is 5.94. The summed E-state index contributed by atoms with van der Waals surface area (Å²) in [5.74, 6) is -0.0254. The number of hydrogen-bond acceptors (Lipinski definition) is 5. The molecule has 0 aromatic carbocycles. The molecule has 1 spiro atoms. The molecular weight excluding hydrogens is 348 g/mol. The van der Waals surface area contributed by atoms with Crippen molar-refractivity contribution in [2.24, 2.45) is 5.41 Å². The summed E-state index contributed by atoms with van der Waals surface area (Å²) in [6.45, 7) is 3.57. The van der Waals surface area contributed by atoms with Crippen molar-refractivity contribution in [3.05, 3.63) is 0 Å². The molecule has 138 valence electrons. The minimum Gasteiger partial charge on any atom is -0.352 e. The van der Waals surface area contributed by atoms with Crippen LogP contribution in [0.1, 0.15) is 32.6 Å². The van der Waals surface area contributed by atoms with Crippen LogP contribution in [0.3, 0.4) is 0 Å². The lowest BCUT2D eigenvalue weighted by atomic mass is 9.60. The zero-order chi connectivity index (χ0) is 17.8. The Kier molecular flexibility index (Phi) is 3.99. The van der Waals surface area contributed by atoms with Crippen LogP contribution in [0.5, 0.6) is 0 Å². The van der Waals surface area contributed by atoms with Crippen molar-refractivity contribution < 1.29 is 22.9 Å². The normalized spacial score (nSPS) is 30.3. The first-order valence-corrected chi connectivity index (χ1v) is 9.31. The van der Waals surface area contributed by atoms with Crippen molar-refractivity contribution in [3.8, 4) is 0 Å². The van der Waals surface area contributed by atoms with Crippen molar-refractivity contribution in [1.29, 1.82) is 0 Å². The van der Waals surface area contributed by atoms with E-state index < -0.39 is 24.0 Å². The third-order valence-electron chi connectivity index (χ3n) is 5.95. The molecule has 10 heteroatoms. The zero-order valence-corrected chi connectivity index (χ0v) is 14.9. The Bertz CT molecular complexity index is 629. The van der Waals surface area contributed by atoms with E-state index in [1.54, 1.807) is 6.92 Å².